The van der Waals surface area contributed by atoms with Gasteiger partial charge in [0.2, 0.25) is 0 Å². The minimum absolute atomic E-state index is 0.168. The minimum Gasteiger partial charge on any atom is -0.317 e. The molecule has 0 bridgehead atoms. The molecule has 0 aromatic carbocycles. The number of aryl methyl sites for hydroxylation is 1. The molecule has 1 aliphatic rings. The average molecular weight is 346 g/mol. The SMILES string of the molecule is CCc1nc(N2CCCCCCC2C)nc(N)[n+]1OS(=O)(=O)O. The predicted molar refractivity (Wildman–Crippen MR) is 84.0 cm³/mol. The molecule has 10 heteroatoms. The average Bonchev–Trinajstić information content (AvgIpc) is 2.44. The Morgan fingerprint density at radius 3 is 2.70 bits per heavy atom. The highest BCUT2D eigenvalue weighted by atomic mass is 32.3. The molecule has 2 rings (SSSR count). The summed E-state index contributed by atoms with van der Waals surface area (Å²) in [6.45, 7) is 4.73. The first kappa shape index (κ1) is 17.7. The van der Waals surface area contributed by atoms with Crippen molar-refractivity contribution in [2.75, 3.05) is 17.2 Å². The number of nitrogen functional groups attached to an aromatic ring is 1. The molecule has 1 atom stereocenters. The molecule has 1 unspecified atom stereocenters. The topological polar surface area (TPSA) is 123 Å². The second kappa shape index (κ2) is 7.26. The molecule has 130 valence electrons. The largest absolute Gasteiger partial charge is 0.474 e. The van der Waals surface area contributed by atoms with Gasteiger partial charge >= 0.3 is 22.3 Å². The number of hydrogen-bond acceptors (Lipinski definition) is 7. The molecule has 23 heavy (non-hydrogen) atoms. The number of anilines is 2. The lowest BCUT2D eigenvalue weighted by Crippen LogP contribution is -2.53. The van der Waals surface area contributed by atoms with Gasteiger partial charge in [0.25, 0.3) is 5.82 Å². The Balaban J connectivity index is 2.37. The number of nitrogens with two attached hydrogens (primary N) is 1. The quantitative estimate of drug-likeness (QED) is 0.589. The highest BCUT2D eigenvalue weighted by Gasteiger charge is 2.28. The summed E-state index contributed by atoms with van der Waals surface area (Å²) in [5.41, 5.74) is 5.81. The highest BCUT2D eigenvalue weighted by molar-refractivity contribution is 7.80. The van der Waals surface area contributed by atoms with E-state index in [2.05, 4.69) is 26.1 Å². The lowest BCUT2D eigenvalue weighted by atomic mass is 10.0. The van der Waals surface area contributed by atoms with Gasteiger partial charge in [-0.2, -0.15) is 8.42 Å². The monoisotopic (exact) mass is 346 g/mol. The molecule has 0 radical (unpaired) electrons. The van der Waals surface area contributed by atoms with Crippen LogP contribution in [0.4, 0.5) is 11.9 Å². The van der Waals surface area contributed by atoms with Crippen LogP contribution in [0.3, 0.4) is 0 Å². The van der Waals surface area contributed by atoms with Crippen molar-refractivity contribution in [2.45, 2.75) is 58.4 Å². The Bertz CT molecular complexity index is 652. The summed E-state index contributed by atoms with van der Waals surface area (Å²) in [5, 5.41) is 0. The van der Waals surface area contributed by atoms with Gasteiger partial charge in [-0.3, -0.25) is 4.55 Å². The zero-order valence-corrected chi connectivity index (χ0v) is 14.3. The maximum Gasteiger partial charge on any atom is 0.474 e. The molecule has 0 spiro atoms. The van der Waals surface area contributed by atoms with Gasteiger partial charge in [-0.25, -0.2) is 4.28 Å². The van der Waals surface area contributed by atoms with E-state index in [4.69, 9.17) is 10.3 Å². The van der Waals surface area contributed by atoms with E-state index in [1.807, 2.05) is 0 Å². The Labute approximate surface area is 136 Å². The molecular formula is C13H24N5O4S+. The zero-order chi connectivity index (χ0) is 17.0. The van der Waals surface area contributed by atoms with Crippen LogP contribution in [0, 0.1) is 0 Å². The van der Waals surface area contributed by atoms with Gasteiger partial charge in [0.1, 0.15) is 0 Å². The fraction of sp³-hybridized carbons (Fsp3) is 0.769. The maximum atomic E-state index is 10.9. The molecule has 0 saturated carbocycles. The van der Waals surface area contributed by atoms with E-state index in [1.165, 1.54) is 6.42 Å². The molecule has 1 aliphatic heterocycles. The second-order valence-corrected chi connectivity index (χ2v) is 6.70. The van der Waals surface area contributed by atoms with E-state index in [1.54, 1.807) is 6.92 Å². The van der Waals surface area contributed by atoms with Gasteiger partial charge < -0.3 is 10.6 Å². The Morgan fingerprint density at radius 2 is 2.04 bits per heavy atom. The summed E-state index contributed by atoms with van der Waals surface area (Å²) in [5.74, 6) is 0.571. The molecule has 1 aromatic heterocycles. The van der Waals surface area contributed by atoms with Crippen molar-refractivity contribution in [3.8, 4) is 0 Å². The number of hydrogen-bond donors (Lipinski definition) is 2. The van der Waals surface area contributed by atoms with E-state index in [-0.39, 0.29) is 17.8 Å². The summed E-state index contributed by atoms with van der Waals surface area (Å²) in [4.78, 5) is 10.6. The van der Waals surface area contributed by atoms with Gasteiger partial charge in [-0.15, -0.1) is 0 Å². The van der Waals surface area contributed by atoms with Crippen molar-refractivity contribution in [3.63, 3.8) is 0 Å². The minimum atomic E-state index is -4.70. The van der Waals surface area contributed by atoms with Crippen molar-refractivity contribution >= 4 is 22.3 Å². The highest BCUT2D eigenvalue weighted by Crippen LogP contribution is 2.20. The number of nitrogens with zero attached hydrogens (tertiary/aromatic N) is 4. The molecule has 9 nitrogen and oxygen atoms in total. The van der Waals surface area contributed by atoms with Crippen LogP contribution in [0.25, 0.3) is 0 Å². The van der Waals surface area contributed by atoms with E-state index in [0.717, 1.165) is 37.0 Å². The normalized spacial score (nSPS) is 20.0. The van der Waals surface area contributed by atoms with Crippen LogP contribution in [0.1, 0.15) is 51.8 Å². The summed E-state index contributed by atoms with van der Waals surface area (Å²) >= 11 is 0. The number of aromatic nitrogens is 3. The van der Waals surface area contributed by atoms with E-state index >= 15 is 0 Å². The van der Waals surface area contributed by atoms with Crippen molar-refractivity contribution in [2.24, 2.45) is 0 Å². The molecule has 1 fully saturated rings. The van der Waals surface area contributed by atoms with Gasteiger partial charge in [0, 0.05) is 19.0 Å². The Kier molecular flexibility index (Phi) is 5.58. The van der Waals surface area contributed by atoms with Crippen LogP contribution in [-0.2, 0) is 16.8 Å². The summed E-state index contributed by atoms with van der Waals surface area (Å²) < 4.78 is 35.9. The van der Waals surface area contributed by atoms with Crippen molar-refractivity contribution < 1.29 is 22.0 Å². The zero-order valence-electron chi connectivity index (χ0n) is 13.5. The molecule has 1 saturated heterocycles. The van der Waals surface area contributed by atoms with Crippen LogP contribution in [0.2, 0.25) is 0 Å². The first-order valence-corrected chi connectivity index (χ1v) is 9.20. The summed E-state index contributed by atoms with van der Waals surface area (Å²) in [6, 6.07) is 0.276. The molecule has 1 aromatic rings. The standard InChI is InChI=1S/C13H23N5O4S/c1-3-11-15-13(16-12(14)18(11)22-23(19,20)21)17-9-7-5-4-6-8-10(17)2/h10,14H,3-9H2,1-2H3,(H,19,20,21)/p+1. The third kappa shape index (κ3) is 4.64. The van der Waals surface area contributed by atoms with Crippen LogP contribution < -0.4 is 19.6 Å². The molecular weight excluding hydrogens is 322 g/mol. The van der Waals surface area contributed by atoms with Crippen molar-refractivity contribution in [1.82, 2.24) is 9.97 Å². The third-order valence-corrected chi connectivity index (χ3v) is 4.27. The fourth-order valence-corrected chi connectivity index (χ4v) is 3.09. The summed E-state index contributed by atoms with van der Waals surface area (Å²) in [7, 11) is -4.70. The van der Waals surface area contributed by atoms with E-state index in [9.17, 15) is 8.42 Å². The van der Waals surface area contributed by atoms with Gasteiger partial charge in [0.05, 0.1) is 0 Å². The van der Waals surface area contributed by atoms with Gasteiger partial charge in [-0.1, -0.05) is 36.2 Å². The number of rotatable bonds is 4. The first-order valence-electron chi connectivity index (χ1n) is 7.84. The van der Waals surface area contributed by atoms with Gasteiger partial charge in [0.15, 0.2) is 0 Å². The lowest BCUT2D eigenvalue weighted by Gasteiger charge is -2.29. The molecule has 0 aliphatic carbocycles. The third-order valence-electron chi connectivity index (χ3n) is 3.93. The van der Waals surface area contributed by atoms with Crippen LogP contribution in [0.15, 0.2) is 0 Å². The van der Waals surface area contributed by atoms with Crippen molar-refractivity contribution in [1.29, 1.82) is 0 Å². The second-order valence-electron chi connectivity index (χ2n) is 5.69. The van der Waals surface area contributed by atoms with Crippen LogP contribution >= 0.6 is 0 Å². The van der Waals surface area contributed by atoms with Crippen molar-refractivity contribution in [3.05, 3.63) is 5.82 Å². The Morgan fingerprint density at radius 1 is 1.35 bits per heavy atom. The first-order chi connectivity index (χ1) is 10.8. The van der Waals surface area contributed by atoms with E-state index < -0.39 is 10.4 Å². The summed E-state index contributed by atoms with van der Waals surface area (Å²) in [6.07, 6.45) is 6.02. The Hall–Kier alpha value is -1.68. The molecule has 0 amide bonds. The smallest absolute Gasteiger partial charge is 0.317 e. The van der Waals surface area contributed by atoms with Gasteiger partial charge in [-0.05, 0) is 24.5 Å². The van der Waals surface area contributed by atoms with Crippen LogP contribution in [-0.4, -0.2) is 35.5 Å². The fourth-order valence-electron chi connectivity index (χ4n) is 2.74. The lowest BCUT2D eigenvalue weighted by molar-refractivity contribution is -0.854. The van der Waals surface area contributed by atoms with E-state index in [0.29, 0.717) is 12.4 Å². The predicted octanol–water partition coefficient (Wildman–Crippen LogP) is 0.299. The van der Waals surface area contributed by atoms with Crippen LogP contribution in [0.5, 0.6) is 0 Å². The molecule has 2 heterocycles. The maximum absolute atomic E-state index is 10.9. The molecule has 3 N–H and O–H groups in total.